The first-order chi connectivity index (χ1) is 8.06. The molecule has 0 radical (unpaired) electrons. The van der Waals surface area contributed by atoms with Crippen LogP contribution in [0, 0.1) is 0 Å². The minimum absolute atomic E-state index is 0.0310. The van der Waals surface area contributed by atoms with Gasteiger partial charge in [0.2, 0.25) is 0 Å². The Hall–Kier alpha value is -1.11. The maximum atomic E-state index is 11.0. The van der Waals surface area contributed by atoms with Crippen LogP contribution in [0.3, 0.4) is 0 Å². The minimum Gasteiger partial charge on any atom is -0.489 e. The van der Waals surface area contributed by atoms with Crippen molar-refractivity contribution in [2.45, 2.75) is 6.10 Å². The Balaban J connectivity index is 2.79. The molecule has 0 amide bonds. The van der Waals surface area contributed by atoms with Crippen molar-refractivity contribution >= 4 is 21.9 Å². The van der Waals surface area contributed by atoms with E-state index in [0.29, 0.717) is 4.47 Å². The molecular weight excluding hydrogens is 292 g/mol. The van der Waals surface area contributed by atoms with E-state index in [0.717, 1.165) is 0 Å². The molecule has 1 unspecified atom stereocenters. The maximum Gasteiger partial charge on any atom is 0.339 e. The van der Waals surface area contributed by atoms with Gasteiger partial charge in [0.1, 0.15) is 24.0 Å². The highest BCUT2D eigenvalue weighted by Gasteiger charge is 2.15. The molecule has 1 atom stereocenters. The van der Waals surface area contributed by atoms with Gasteiger partial charge < -0.3 is 19.7 Å². The molecule has 0 aliphatic rings. The summed E-state index contributed by atoms with van der Waals surface area (Å²) in [7, 11) is 1.46. The Labute approximate surface area is 107 Å². The van der Waals surface area contributed by atoms with Crippen LogP contribution in [0.15, 0.2) is 22.7 Å². The first-order valence-corrected chi connectivity index (χ1v) is 5.67. The SMILES string of the molecule is COCC(O)COc1c(Br)cccc1C(=O)O. The molecule has 0 saturated carbocycles. The minimum atomic E-state index is -1.08. The predicted molar refractivity (Wildman–Crippen MR) is 64.5 cm³/mol. The van der Waals surface area contributed by atoms with Gasteiger partial charge in [0.15, 0.2) is 0 Å². The molecule has 2 N–H and O–H groups in total. The number of hydrogen-bond acceptors (Lipinski definition) is 4. The Kier molecular flexibility index (Phi) is 5.40. The third kappa shape index (κ3) is 3.99. The number of carbonyl (C=O) groups is 1. The molecule has 0 bridgehead atoms. The molecule has 0 heterocycles. The summed E-state index contributed by atoms with van der Waals surface area (Å²) in [6.45, 7) is 0.101. The highest BCUT2D eigenvalue weighted by molar-refractivity contribution is 9.10. The number of carboxylic acid groups (broad SMARTS) is 1. The Morgan fingerprint density at radius 2 is 2.18 bits per heavy atom. The van der Waals surface area contributed by atoms with Crippen molar-refractivity contribution in [1.82, 2.24) is 0 Å². The molecular formula is C11H13BrO5. The lowest BCUT2D eigenvalue weighted by molar-refractivity contribution is 0.0317. The van der Waals surface area contributed by atoms with E-state index >= 15 is 0 Å². The number of para-hydroxylation sites is 1. The van der Waals surface area contributed by atoms with E-state index in [1.165, 1.54) is 13.2 Å². The van der Waals surface area contributed by atoms with E-state index in [4.69, 9.17) is 14.6 Å². The summed E-state index contributed by atoms with van der Waals surface area (Å²) >= 11 is 3.20. The van der Waals surface area contributed by atoms with Crippen LogP contribution >= 0.6 is 15.9 Å². The van der Waals surface area contributed by atoms with Crippen LogP contribution in [0.2, 0.25) is 0 Å². The van der Waals surface area contributed by atoms with E-state index in [2.05, 4.69) is 15.9 Å². The van der Waals surface area contributed by atoms with Crippen LogP contribution < -0.4 is 4.74 Å². The monoisotopic (exact) mass is 304 g/mol. The lowest BCUT2D eigenvalue weighted by Crippen LogP contribution is -2.23. The molecule has 17 heavy (non-hydrogen) atoms. The molecule has 0 fully saturated rings. The van der Waals surface area contributed by atoms with E-state index < -0.39 is 12.1 Å². The van der Waals surface area contributed by atoms with Gasteiger partial charge in [-0.1, -0.05) is 6.07 Å². The van der Waals surface area contributed by atoms with Crippen LogP contribution in [0.25, 0.3) is 0 Å². The van der Waals surface area contributed by atoms with Crippen molar-refractivity contribution in [3.05, 3.63) is 28.2 Å². The third-order valence-corrected chi connectivity index (χ3v) is 2.60. The molecule has 94 valence electrons. The molecule has 0 aliphatic heterocycles. The van der Waals surface area contributed by atoms with Gasteiger partial charge in [-0.15, -0.1) is 0 Å². The lowest BCUT2D eigenvalue weighted by atomic mass is 10.2. The fourth-order valence-electron chi connectivity index (χ4n) is 1.24. The van der Waals surface area contributed by atoms with Crippen LogP contribution in [-0.4, -0.2) is 42.6 Å². The maximum absolute atomic E-state index is 11.0. The number of ether oxygens (including phenoxy) is 2. The Bertz CT molecular complexity index is 393. The second kappa shape index (κ2) is 6.58. The summed E-state index contributed by atoms with van der Waals surface area (Å²) in [5.41, 5.74) is 0.0454. The van der Waals surface area contributed by atoms with E-state index in [-0.39, 0.29) is 24.5 Å². The number of benzene rings is 1. The normalized spacial score (nSPS) is 12.2. The number of hydrogen-bond donors (Lipinski definition) is 2. The largest absolute Gasteiger partial charge is 0.489 e. The quantitative estimate of drug-likeness (QED) is 0.833. The van der Waals surface area contributed by atoms with Gasteiger partial charge in [0.05, 0.1) is 11.1 Å². The van der Waals surface area contributed by atoms with E-state index in [9.17, 15) is 9.90 Å². The van der Waals surface area contributed by atoms with Crippen molar-refractivity contribution in [3.8, 4) is 5.75 Å². The number of aliphatic hydroxyl groups excluding tert-OH is 1. The van der Waals surface area contributed by atoms with Crippen LogP contribution in [0.1, 0.15) is 10.4 Å². The number of methoxy groups -OCH3 is 1. The summed E-state index contributed by atoms with van der Waals surface area (Å²) in [6.07, 6.45) is -0.797. The zero-order chi connectivity index (χ0) is 12.8. The second-order valence-electron chi connectivity index (χ2n) is 3.34. The zero-order valence-corrected chi connectivity index (χ0v) is 10.8. The second-order valence-corrected chi connectivity index (χ2v) is 4.20. The first kappa shape index (κ1) is 14.0. The number of aromatic carboxylic acids is 1. The molecule has 1 aromatic rings. The predicted octanol–water partition coefficient (Wildman–Crippen LogP) is 1.53. The molecule has 5 nitrogen and oxygen atoms in total. The Morgan fingerprint density at radius 3 is 2.76 bits per heavy atom. The van der Waals surface area contributed by atoms with Crippen molar-refractivity contribution in [2.24, 2.45) is 0 Å². The van der Waals surface area contributed by atoms with Gasteiger partial charge in [0.25, 0.3) is 0 Å². The van der Waals surface area contributed by atoms with Crippen molar-refractivity contribution in [3.63, 3.8) is 0 Å². The highest BCUT2D eigenvalue weighted by atomic mass is 79.9. The van der Waals surface area contributed by atoms with Crippen molar-refractivity contribution < 1.29 is 24.5 Å². The average Bonchev–Trinajstić information content (AvgIpc) is 2.27. The van der Waals surface area contributed by atoms with Crippen LogP contribution in [-0.2, 0) is 4.74 Å². The van der Waals surface area contributed by atoms with Gasteiger partial charge in [-0.25, -0.2) is 4.79 Å². The topological polar surface area (TPSA) is 76.0 Å². The molecule has 1 aromatic carbocycles. The van der Waals surface area contributed by atoms with Crippen molar-refractivity contribution in [2.75, 3.05) is 20.3 Å². The van der Waals surface area contributed by atoms with Gasteiger partial charge in [0, 0.05) is 7.11 Å². The van der Waals surface area contributed by atoms with Gasteiger partial charge in [-0.05, 0) is 28.1 Å². The molecule has 6 heteroatoms. The number of halogens is 1. The zero-order valence-electron chi connectivity index (χ0n) is 9.22. The summed E-state index contributed by atoms with van der Waals surface area (Å²) in [6, 6.07) is 4.71. The number of carboxylic acids is 1. The number of rotatable bonds is 6. The van der Waals surface area contributed by atoms with Crippen LogP contribution in [0.5, 0.6) is 5.75 Å². The molecule has 0 spiro atoms. The van der Waals surface area contributed by atoms with E-state index in [1.54, 1.807) is 12.1 Å². The molecule has 0 saturated heterocycles. The first-order valence-electron chi connectivity index (χ1n) is 4.88. The lowest BCUT2D eigenvalue weighted by Gasteiger charge is -2.14. The van der Waals surface area contributed by atoms with Crippen molar-refractivity contribution in [1.29, 1.82) is 0 Å². The van der Waals surface area contributed by atoms with E-state index in [1.807, 2.05) is 0 Å². The summed E-state index contributed by atoms with van der Waals surface area (Å²) in [5, 5.41) is 18.4. The summed E-state index contributed by atoms with van der Waals surface area (Å²) in [5.74, 6) is -0.877. The molecule has 0 aromatic heterocycles. The van der Waals surface area contributed by atoms with Gasteiger partial charge in [-0.3, -0.25) is 0 Å². The molecule has 1 rings (SSSR count). The third-order valence-electron chi connectivity index (χ3n) is 1.98. The fraction of sp³-hybridized carbons (Fsp3) is 0.364. The summed E-state index contributed by atoms with van der Waals surface area (Å²) in [4.78, 5) is 11.0. The van der Waals surface area contributed by atoms with Gasteiger partial charge in [-0.2, -0.15) is 0 Å². The number of aliphatic hydroxyl groups is 1. The standard InChI is InChI=1S/C11H13BrO5/c1-16-5-7(13)6-17-10-8(11(14)15)3-2-4-9(10)12/h2-4,7,13H,5-6H2,1H3,(H,14,15). The smallest absolute Gasteiger partial charge is 0.339 e. The summed E-state index contributed by atoms with van der Waals surface area (Å²) < 4.78 is 10.6. The Morgan fingerprint density at radius 1 is 1.47 bits per heavy atom. The molecule has 0 aliphatic carbocycles. The fourth-order valence-corrected chi connectivity index (χ4v) is 1.72. The highest BCUT2D eigenvalue weighted by Crippen LogP contribution is 2.29. The van der Waals surface area contributed by atoms with Crippen LogP contribution in [0.4, 0.5) is 0 Å². The van der Waals surface area contributed by atoms with Gasteiger partial charge >= 0.3 is 5.97 Å². The average molecular weight is 305 g/mol.